The van der Waals surface area contributed by atoms with Crippen molar-refractivity contribution in [3.63, 3.8) is 0 Å². The summed E-state index contributed by atoms with van der Waals surface area (Å²) in [5.74, 6) is -0.358. The van der Waals surface area contributed by atoms with Crippen LogP contribution in [0.2, 0.25) is 0 Å². The predicted molar refractivity (Wildman–Crippen MR) is 70.9 cm³/mol. The molecular formula is C13H14N2O2S. The Labute approximate surface area is 109 Å². The van der Waals surface area contributed by atoms with E-state index in [0.717, 1.165) is 10.4 Å². The number of hydrogen-bond donors (Lipinski definition) is 0. The van der Waals surface area contributed by atoms with Gasteiger partial charge in [-0.2, -0.15) is 5.10 Å². The third-order valence-electron chi connectivity index (χ3n) is 2.51. The molecule has 0 saturated carbocycles. The van der Waals surface area contributed by atoms with Crippen LogP contribution in [0.25, 0.3) is 10.4 Å². The fourth-order valence-corrected chi connectivity index (χ4v) is 2.64. The van der Waals surface area contributed by atoms with Gasteiger partial charge in [0.1, 0.15) is 11.5 Å². The molecule has 0 aliphatic heterocycles. The van der Waals surface area contributed by atoms with Crippen LogP contribution in [0.3, 0.4) is 0 Å². The van der Waals surface area contributed by atoms with E-state index in [0.29, 0.717) is 5.69 Å². The van der Waals surface area contributed by atoms with E-state index in [1.807, 2.05) is 25.3 Å². The molecule has 0 amide bonds. The maximum absolute atomic E-state index is 12.0. The lowest BCUT2D eigenvalue weighted by Crippen LogP contribution is -2.07. The molecule has 0 atom stereocenters. The minimum atomic E-state index is -0.218. The number of aromatic nitrogens is 2. The number of thiophene rings is 1. The molecule has 0 N–H and O–H groups in total. The Morgan fingerprint density at radius 3 is 2.67 bits per heavy atom. The minimum Gasteiger partial charge on any atom is -0.300 e. The highest BCUT2D eigenvalue weighted by atomic mass is 32.1. The van der Waals surface area contributed by atoms with Crippen molar-refractivity contribution in [1.29, 1.82) is 0 Å². The van der Waals surface area contributed by atoms with Crippen LogP contribution in [0.4, 0.5) is 0 Å². The minimum absolute atomic E-state index is 0.0889. The highest BCUT2D eigenvalue weighted by Gasteiger charge is 2.19. The van der Waals surface area contributed by atoms with Gasteiger partial charge in [0, 0.05) is 28.6 Å². The van der Waals surface area contributed by atoms with E-state index in [2.05, 4.69) is 5.10 Å². The van der Waals surface area contributed by atoms with Gasteiger partial charge in [-0.1, -0.05) is 0 Å². The Kier molecular flexibility index (Phi) is 3.43. The molecule has 0 aliphatic rings. The standard InChI is InChI=1S/C13H14N2O2S/c1-8(16)6-11(17)13-10(7-15(3)14-13)12-5-4-9(2)18-12/h4-5,7H,6H2,1-3H3. The Bertz CT molecular complexity index is 610. The quantitative estimate of drug-likeness (QED) is 0.628. The topological polar surface area (TPSA) is 52.0 Å². The first-order chi connectivity index (χ1) is 8.47. The number of Topliss-reactive ketones (excluding diaryl/α,β-unsaturated/α-hetero) is 2. The summed E-state index contributed by atoms with van der Waals surface area (Å²) >= 11 is 1.61. The number of ketones is 2. The van der Waals surface area contributed by atoms with E-state index < -0.39 is 0 Å². The van der Waals surface area contributed by atoms with Crippen LogP contribution in [0.1, 0.15) is 28.7 Å². The monoisotopic (exact) mass is 262 g/mol. The van der Waals surface area contributed by atoms with E-state index in [9.17, 15) is 9.59 Å². The molecule has 0 unspecified atom stereocenters. The van der Waals surface area contributed by atoms with Crippen LogP contribution < -0.4 is 0 Å². The van der Waals surface area contributed by atoms with Gasteiger partial charge in [0.2, 0.25) is 0 Å². The van der Waals surface area contributed by atoms with Crippen LogP contribution in [0.15, 0.2) is 18.3 Å². The summed E-state index contributed by atoms with van der Waals surface area (Å²) in [6.07, 6.45) is 1.73. The summed E-state index contributed by atoms with van der Waals surface area (Å²) in [4.78, 5) is 25.2. The molecule has 0 fully saturated rings. The first kappa shape index (κ1) is 12.7. The van der Waals surface area contributed by atoms with Crippen molar-refractivity contribution in [3.8, 4) is 10.4 Å². The van der Waals surface area contributed by atoms with Crippen molar-refractivity contribution in [2.24, 2.45) is 7.05 Å². The summed E-state index contributed by atoms with van der Waals surface area (Å²) in [5, 5.41) is 4.17. The van der Waals surface area contributed by atoms with Crippen LogP contribution in [-0.4, -0.2) is 21.3 Å². The maximum atomic E-state index is 12.0. The molecule has 0 aromatic carbocycles. The van der Waals surface area contributed by atoms with E-state index in [-0.39, 0.29) is 18.0 Å². The molecule has 0 saturated heterocycles. The predicted octanol–water partition coefficient (Wildman–Crippen LogP) is 2.62. The van der Waals surface area contributed by atoms with Gasteiger partial charge in [0.05, 0.1) is 6.42 Å². The third kappa shape index (κ3) is 2.56. The highest BCUT2D eigenvalue weighted by molar-refractivity contribution is 7.15. The molecule has 0 spiro atoms. The second-order valence-electron chi connectivity index (χ2n) is 4.28. The molecule has 5 heteroatoms. The van der Waals surface area contributed by atoms with Crippen LogP contribution in [0.5, 0.6) is 0 Å². The van der Waals surface area contributed by atoms with Gasteiger partial charge < -0.3 is 0 Å². The van der Waals surface area contributed by atoms with Gasteiger partial charge in [0.25, 0.3) is 0 Å². The lowest BCUT2D eigenvalue weighted by molar-refractivity contribution is -0.116. The fraction of sp³-hybridized carbons (Fsp3) is 0.308. The molecule has 18 heavy (non-hydrogen) atoms. The molecular weight excluding hydrogens is 248 g/mol. The van der Waals surface area contributed by atoms with Gasteiger partial charge in [-0.15, -0.1) is 11.3 Å². The maximum Gasteiger partial charge on any atom is 0.191 e. The second kappa shape index (κ2) is 4.86. The van der Waals surface area contributed by atoms with Crippen molar-refractivity contribution < 1.29 is 9.59 Å². The fourth-order valence-electron chi connectivity index (χ4n) is 1.76. The van der Waals surface area contributed by atoms with Crippen molar-refractivity contribution in [1.82, 2.24) is 9.78 Å². The number of carbonyl (C=O) groups is 2. The normalized spacial score (nSPS) is 10.6. The van der Waals surface area contributed by atoms with E-state index in [4.69, 9.17) is 0 Å². The van der Waals surface area contributed by atoms with Gasteiger partial charge in [-0.25, -0.2) is 0 Å². The Balaban J connectivity index is 2.42. The summed E-state index contributed by atoms with van der Waals surface area (Å²) in [6, 6.07) is 3.98. The molecule has 0 aliphatic carbocycles. The smallest absolute Gasteiger partial charge is 0.191 e. The SMILES string of the molecule is CC(=O)CC(=O)c1nn(C)cc1-c1ccc(C)s1. The van der Waals surface area contributed by atoms with Crippen LogP contribution in [-0.2, 0) is 11.8 Å². The second-order valence-corrected chi connectivity index (χ2v) is 5.57. The van der Waals surface area contributed by atoms with Crippen molar-refractivity contribution in [2.75, 3.05) is 0 Å². The number of rotatable bonds is 4. The van der Waals surface area contributed by atoms with Gasteiger partial charge in [-0.3, -0.25) is 14.3 Å². The number of carbonyl (C=O) groups excluding carboxylic acids is 2. The van der Waals surface area contributed by atoms with E-state index in [1.54, 1.807) is 23.1 Å². The van der Waals surface area contributed by atoms with Gasteiger partial charge in [0.15, 0.2) is 5.78 Å². The molecule has 2 aromatic rings. The Morgan fingerprint density at radius 1 is 1.39 bits per heavy atom. The third-order valence-corrected chi connectivity index (χ3v) is 3.54. The number of hydrogen-bond acceptors (Lipinski definition) is 4. The van der Waals surface area contributed by atoms with Crippen LogP contribution in [0, 0.1) is 6.92 Å². The molecule has 4 nitrogen and oxygen atoms in total. The Hall–Kier alpha value is -1.75. The zero-order valence-electron chi connectivity index (χ0n) is 10.6. The zero-order valence-corrected chi connectivity index (χ0v) is 11.4. The molecule has 94 valence electrons. The molecule has 0 radical (unpaired) electrons. The number of nitrogens with zero attached hydrogens (tertiary/aromatic N) is 2. The molecule has 0 bridgehead atoms. The molecule has 2 rings (SSSR count). The average Bonchev–Trinajstić information content (AvgIpc) is 2.83. The van der Waals surface area contributed by atoms with Gasteiger partial charge >= 0.3 is 0 Å². The lowest BCUT2D eigenvalue weighted by Gasteiger charge is -1.97. The number of aryl methyl sites for hydroxylation is 2. The zero-order chi connectivity index (χ0) is 13.3. The summed E-state index contributed by atoms with van der Waals surface area (Å²) < 4.78 is 1.61. The summed E-state index contributed by atoms with van der Waals surface area (Å²) in [5.41, 5.74) is 1.19. The highest BCUT2D eigenvalue weighted by Crippen LogP contribution is 2.30. The first-order valence-electron chi connectivity index (χ1n) is 5.60. The van der Waals surface area contributed by atoms with E-state index in [1.165, 1.54) is 11.8 Å². The summed E-state index contributed by atoms with van der Waals surface area (Å²) in [6.45, 7) is 3.43. The first-order valence-corrected chi connectivity index (χ1v) is 6.42. The van der Waals surface area contributed by atoms with Gasteiger partial charge in [-0.05, 0) is 26.0 Å². The van der Waals surface area contributed by atoms with Crippen LogP contribution >= 0.6 is 11.3 Å². The Morgan fingerprint density at radius 2 is 2.11 bits per heavy atom. The lowest BCUT2D eigenvalue weighted by atomic mass is 10.1. The van der Waals surface area contributed by atoms with Crippen molar-refractivity contribution in [2.45, 2.75) is 20.3 Å². The molecule has 2 aromatic heterocycles. The van der Waals surface area contributed by atoms with Crippen molar-refractivity contribution >= 4 is 22.9 Å². The largest absolute Gasteiger partial charge is 0.300 e. The molecule has 2 heterocycles. The van der Waals surface area contributed by atoms with Crippen molar-refractivity contribution in [3.05, 3.63) is 28.9 Å². The average molecular weight is 262 g/mol. The summed E-state index contributed by atoms with van der Waals surface area (Å²) in [7, 11) is 1.77. The van der Waals surface area contributed by atoms with E-state index >= 15 is 0 Å².